The second kappa shape index (κ2) is 7.41. The van der Waals surface area contributed by atoms with Crippen LogP contribution in [0.15, 0.2) is 12.2 Å². The molecular formula is C17H26O4. The first-order chi connectivity index (χ1) is 10.3. The quantitative estimate of drug-likeness (QED) is 0.429. The van der Waals surface area contributed by atoms with Gasteiger partial charge >= 0.3 is 5.97 Å². The first-order valence-corrected chi connectivity index (χ1v) is 8.40. The average Bonchev–Trinajstić information content (AvgIpc) is 2.74. The minimum absolute atomic E-state index is 0.00334. The molecule has 2 saturated heterocycles. The molecule has 3 fully saturated rings. The molecule has 0 amide bonds. The lowest BCUT2D eigenvalue weighted by Crippen LogP contribution is -2.31. The molecule has 4 atom stereocenters. The van der Waals surface area contributed by atoms with Gasteiger partial charge in [0.1, 0.15) is 6.10 Å². The maximum atomic E-state index is 11.4. The Kier molecular flexibility index (Phi) is 5.31. The first kappa shape index (κ1) is 15.0. The molecule has 3 aliphatic rings. The minimum atomic E-state index is 0.00334. The van der Waals surface area contributed by atoms with E-state index in [4.69, 9.17) is 14.2 Å². The van der Waals surface area contributed by atoms with Crippen LogP contribution in [-0.4, -0.2) is 31.6 Å². The Morgan fingerprint density at radius 2 is 2.14 bits per heavy atom. The van der Waals surface area contributed by atoms with Crippen LogP contribution in [0.2, 0.25) is 0 Å². The van der Waals surface area contributed by atoms with E-state index in [2.05, 4.69) is 12.2 Å². The van der Waals surface area contributed by atoms with Gasteiger partial charge in [0.05, 0.1) is 6.61 Å². The van der Waals surface area contributed by atoms with Crippen molar-refractivity contribution >= 4 is 5.97 Å². The second-order valence-corrected chi connectivity index (χ2v) is 6.40. The Morgan fingerprint density at radius 3 is 2.95 bits per heavy atom. The molecule has 2 aliphatic heterocycles. The van der Waals surface area contributed by atoms with Crippen LogP contribution >= 0.6 is 0 Å². The van der Waals surface area contributed by atoms with E-state index in [0.29, 0.717) is 18.3 Å². The predicted molar refractivity (Wildman–Crippen MR) is 78.6 cm³/mol. The topological polar surface area (TPSA) is 44.8 Å². The average molecular weight is 294 g/mol. The summed E-state index contributed by atoms with van der Waals surface area (Å²) in [4.78, 5) is 11.4. The highest BCUT2D eigenvalue weighted by molar-refractivity contribution is 5.71. The van der Waals surface area contributed by atoms with Gasteiger partial charge in [0.2, 0.25) is 0 Å². The van der Waals surface area contributed by atoms with Gasteiger partial charge in [-0.05, 0) is 50.9 Å². The van der Waals surface area contributed by atoms with Gasteiger partial charge in [0.25, 0.3) is 0 Å². The summed E-state index contributed by atoms with van der Waals surface area (Å²) in [7, 11) is 0. The number of allylic oxidation sites excluding steroid dienone is 1. The van der Waals surface area contributed by atoms with E-state index in [1.165, 1.54) is 6.42 Å². The molecule has 1 aliphatic carbocycles. The Labute approximate surface area is 126 Å². The maximum Gasteiger partial charge on any atom is 0.306 e. The molecule has 1 unspecified atom stereocenters. The number of fused-ring (bicyclic) bond motifs is 2. The van der Waals surface area contributed by atoms with Crippen molar-refractivity contribution in [1.29, 1.82) is 0 Å². The van der Waals surface area contributed by atoms with Crippen LogP contribution in [0, 0.1) is 11.8 Å². The Balaban J connectivity index is 1.31. The van der Waals surface area contributed by atoms with Crippen LogP contribution < -0.4 is 0 Å². The largest absolute Gasteiger partial charge is 0.462 e. The number of rotatable bonds is 6. The van der Waals surface area contributed by atoms with Gasteiger partial charge in [-0.3, -0.25) is 4.79 Å². The lowest BCUT2D eigenvalue weighted by Gasteiger charge is -2.28. The van der Waals surface area contributed by atoms with E-state index >= 15 is 0 Å². The first-order valence-electron chi connectivity index (χ1n) is 8.40. The van der Waals surface area contributed by atoms with Gasteiger partial charge in [-0.25, -0.2) is 0 Å². The highest BCUT2D eigenvalue weighted by Crippen LogP contribution is 2.42. The summed E-state index contributed by atoms with van der Waals surface area (Å²) in [6, 6.07) is 0. The van der Waals surface area contributed by atoms with E-state index in [1.807, 2.05) is 0 Å². The molecule has 0 N–H and O–H groups in total. The number of esters is 1. The van der Waals surface area contributed by atoms with E-state index in [9.17, 15) is 4.79 Å². The zero-order chi connectivity index (χ0) is 14.5. The van der Waals surface area contributed by atoms with E-state index in [0.717, 1.165) is 51.7 Å². The molecule has 4 nitrogen and oxygen atoms in total. The van der Waals surface area contributed by atoms with Crippen LogP contribution in [0.1, 0.15) is 51.4 Å². The molecule has 0 aromatic carbocycles. The highest BCUT2D eigenvalue weighted by Gasteiger charge is 2.42. The fraction of sp³-hybridized carbons (Fsp3) is 0.824. The fourth-order valence-electron chi connectivity index (χ4n) is 3.77. The molecule has 2 bridgehead atoms. The van der Waals surface area contributed by atoms with E-state index < -0.39 is 0 Å². The molecule has 21 heavy (non-hydrogen) atoms. The van der Waals surface area contributed by atoms with Crippen molar-refractivity contribution in [3.05, 3.63) is 12.2 Å². The number of ether oxygens (including phenoxy) is 3. The number of carbonyl (C=O) groups excluding carboxylic acids is 1. The van der Waals surface area contributed by atoms with Crippen LogP contribution in [0.4, 0.5) is 0 Å². The lowest BCUT2D eigenvalue weighted by molar-refractivity contribution is -0.161. The van der Waals surface area contributed by atoms with Crippen molar-refractivity contribution in [3.63, 3.8) is 0 Å². The molecule has 2 heterocycles. The molecule has 0 radical (unpaired) electrons. The number of hydrogen-bond donors (Lipinski definition) is 0. The molecule has 118 valence electrons. The van der Waals surface area contributed by atoms with Crippen LogP contribution in [-0.2, 0) is 19.0 Å². The molecule has 3 rings (SSSR count). The molecular weight excluding hydrogens is 268 g/mol. The third kappa shape index (κ3) is 4.07. The summed E-state index contributed by atoms with van der Waals surface area (Å²) in [5.41, 5.74) is 0. The summed E-state index contributed by atoms with van der Waals surface area (Å²) >= 11 is 0. The van der Waals surface area contributed by atoms with Gasteiger partial charge in [0.15, 0.2) is 6.29 Å². The van der Waals surface area contributed by atoms with Crippen molar-refractivity contribution in [2.24, 2.45) is 11.8 Å². The van der Waals surface area contributed by atoms with Crippen LogP contribution in [0.25, 0.3) is 0 Å². The van der Waals surface area contributed by atoms with Gasteiger partial charge in [-0.2, -0.15) is 0 Å². The van der Waals surface area contributed by atoms with Crippen molar-refractivity contribution < 1.29 is 19.0 Å². The third-order valence-electron chi connectivity index (χ3n) is 4.92. The van der Waals surface area contributed by atoms with Crippen molar-refractivity contribution in [2.45, 2.75) is 63.8 Å². The Bertz CT molecular complexity index is 357. The molecule has 1 saturated carbocycles. The Hall–Kier alpha value is -0.870. The standard InChI is InChI=1S/C17H26O4/c18-16-12-13-8-9-15(21-16)14(13)6-2-1-4-10-19-17-7-3-5-11-20-17/h1-2,13-15,17H,3-12H2/b2-1-/t13-,14+,15-,17?/m1/s1. The van der Waals surface area contributed by atoms with Crippen molar-refractivity contribution in [3.8, 4) is 0 Å². The van der Waals surface area contributed by atoms with Crippen molar-refractivity contribution in [1.82, 2.24) is 0 Å². The zero-order valence-electron chi connectivity index (χ0n) is 12.7. The molecule has 4 heteroatoms. The summed E-state index contributed by atoms with van der Waals surface area (Å²) in [6.45, 7) is 1.57. The van der Waals surface area contributed by atoms with Crippen LogP contribution in [0.3, 0.4) is 0 Å². The second-order valence-electron chi connectivity index (χ2n) is 6.40. The number of hydrogen-bond acceptors (Lipinski definition) is 4. The summed E-state index contributed by atoms with van der Waals surface area (Å²) in [5, 5.41) is 0. The van der Waals surface area contributed by atoms with Gasteiger partial charge in [-0.15, -0.1) is 0 Å². The van der Waals surface area contributed by atoms with Gasteiger partial charge in [-0.1, -0.05) is 12.2 Å². The van der Waals surface area contributed by atoms with Crippen LogP contribution in [0.5, 0.6) is 0 Å². The van der Waals surface area contributed by atoms with Gasteiger partial charge in [0, 0.05) is 18.9 Å². The minimum Gasteiger partial charge on any atom is -0.462 e. The summed E-state index contributed by atoms with van der Waals surface area (Å²) < 4.78 is 16.7. The molecule has 0 aromatic rings. The zero-order valence-corrected chi connectivity index (χ0v) is 12.7. The molecule has 0 spiro atoms. The summed E-state index contributed by atoms with van der Waals surface area (Å²) in [5.74, 6) is 1.10. The van der Waals surface area contributed by atoms with E-state index in [-0.39, 0.29) is 18.4 Å². The normalized spacial score (nSPS) is 36.1. The predicted octanol–water partition coefficient (Wildman–Crippen LogP) is 3.21. The highest BCUT2D eigenvalue weighted by atomic mass is 16.7. The third-order valence-corrected chi connectivity index (χ3v) is 4.92. The lowest BCUT2D eigenvalue weighted by atomic mass is 9.87. The Morgan fingerprint density at radius 1 is 1.19 bits per heavy atom. The number of carbonyl (C=O) groups is 1. The smallest absolute Gasteiger partial charge is 0.306 e. The fourth-order valence-corrected chi connectivity index (χ4v) is 3.77. The summed E-state index contributed by atoms with van der Waals surface area (Å²) in [6.07, 6.45) is 12.8. The maximum absolute atomic E-state index is 11.4. The van der Waals surface area contributed by atoms with E-state index in [1.54, 1.807) is 0 Å². The van der Waals surface area contributed by atoms with Crippen molar-refractivity contribution in [2.75, 3.05) is 13.2 Å². The van der Waals surface area contributed by atoms with Gasteiger partial charge < -0.3 is 14.2 Å². The molecule has 0 aromatic heterocycles. The monoisotopic (exact) mass is 294 g/mol. The SMILES string of the molecule is O=C1C[C@H]2CC[C@@H](O1)[C@H]2C/C=C\CCOC1CCCCO1.